The highest BCUT2D eigenvalue weighted by atomic mass is 32.2. The van der Waals surface area contributed by atoms with Crippen molar-refractivity contribution in [3.8, 4) is 0 Å². The molecule has 0 bridgehead atoms. The molecule has 0 fully saturated rings. The van der Waals surface area contributed by atoms with Gasteiger partial charge in [-0.15, -0.1) is 4.41 Å². The van der Waals surface area contributed by atoms with Gasteiger partial charge in [-0.25, -0.2) is 13.2 Å². The molecule has 0 aliphatic rings. The highest BCUT2D eigenvalue weighted by Crippen LogP contribution is 2.13. The van der Waals surface area contributed by atoms with Gasteiger partial charge >= 0.3 is 5.30 Å². The summed E-state index contributed by atoms with van der Waals surface area (Å²) in [4.78, 5) is 13.3. The third-order valence-corrected chi connectivity index (χ3v) is 4.32. The lowest BCUT2D eigenvalue weighted by Gasteiger charge is -2.16. The molecular formula is C9H12N2O4S2. The van der Waals surface area contributed by atoms with Crippen LogP contribution < -0.4 is 4.83 Å². The first-order valence-electron chi connectivity index (χ1n) is 4.53. The molecule has 0 heterocycles. The molecule has 6 nitrogen and oxygen atoms in total. The van der Waals surface area contributed by atoms with Crippen molar-refractivity contribution in [3.05, 3.63) is 30.3 Å². The van der Waals surface area contributed by atoms with Gasteiger partial charge in [-0.05, 0) is 12.1 Å². The number of hydrogen-bond acceptors (Lipinski definition) is 6. The number of hydrazine groups is 1. The van der Waals surface area contributed by atoms with E-state index in [2.05, 4.69) is 9.57 Å². The van der Waals surface area contributed by atoms with Crippen molar-refractivity contribution in [3.63, 3.8) is 0 Å². The molecule has 8 heteroatoms. The molecule has 1 N–H and O–H groups in total. The maximum atomic E-state index is 11.9. The van der Waals surface area contributed by atoms with Crippen molar-refractivity contribution in [2.75, 3.05) is 14.2 Å². The van der Waals surface area contributed by atoms with Crippen LogP contribution >= 0.6 is 11.9 Å². The second-order valence-electron chi connectivity index (χ2n) is 2.93. The van der Waals surface area contributed by atoms with Crippen LogP contribution in [-0.2, 0) is 14.8 Å². The fourth-order valence-electron chi connectivity index (χ4n) is 0.943. The second kappa shape index (κ2) is 6.01. The molecule has 0 aliphatic carbocycles. The van der Waals surface area contributed by atoms with E-state index < -0.39 is 15.3 Å². The molecule has 1 rings (SSSR count). The van der Waals surface area contributed by atoms with E-state index in [0.29, 0.717) is 11.9 Å². The van der Waals surface area contributed by atoms with E-state index in [9.17, 15) is 13.2 Å². The monoisotopic (exact) mass is 276 g/mol. The van der Waals surface area contributed by atoms with Crippen LogP contribution in [0.4, 0.5) is 4.79 Å². The number of carbonyl (C=O) groups is 1. The zero-order chi connectivity index (χ0) is 12.9. The Morgan fingerprint density at radius 3 is 2.47 bits per heavy atom. The van der Waals surface area contributed by atoms with Crippen molar-refractivity contribution in [1.82, 2.24) is 9.25 Å². The first-order chi connectivity index (χ1) is 7.98. The Labute approximate surface area is 104 Å². The van der Waals surface area contributed by atoms with Gasteiger partial charge < -0.3 is 4.74 Å². The maximum Gasteiger partial charge on any atom is 0.383 e. The van der Waals surface area contributed by atoms with Gasteiger partial charge in [-0.3, -0.25) is 0 Å². The molecule has 0 radical (unpaired) electrons. The second-order valence-corrected chi connectivity index (χ2v) is 5.62. The predicted octanol–water partition coefficient (Wildman–Crippen LogP) is 1.23. The van der Waals surface area contributed by atoms with Gasteiger partial charge in [0.05, 0.1) is 24.0 Å². The van der Waals surface area contributed by atoms with Crippen molar-refractivity contribution in [2.24, 2.45) is 0 Å². The summed E-state index contributed by atoms with van der Waals surface area (Å²) < 4.78 is 29.1. The molecule has 0 unspecified atom stereocenters. The quantitative estimate of drug-likeness (QED) is 0.506. The molecule has 17 heavy (non-hydrogen) atoms. The summed E-state index contributed by atoms with van der Waals surface area (Å²) in [6, 6.07) is 7.89. The molecule has 94 valence electrons. The van der Waals surface area contributed by atoms with E-state index >= 15 is 0 Å². The minimum atomic E-state index is -3.65. The van der Waals surface area contributed by atoms with E-state index in [1.54, 1.807) is 18.2 Å². The maximum absolute atomic E-state index is 11.9. The summed E-state index contributed by atoms with van der Waals surface area (Å²) >= 11 is 0.542. The molecule has 0 saturated carbocycles. The fraction of sp³-hybridized carbons (Fsp3) is 0.222. The lowest BCUT2D eigenvalue weighted by atomic mass is 10.4. The summed E-state index contributed by atoms with van der Waals surface area (Å²) in [5, 5.41) is -0.625. The molecule has 0 aliphatic heterocycles. The Morgan fingerprint density at radius 2 is 1.94 bits per heavy atom. The minimum Gasteiger partial charge on any atom is -0.460 e. The summed E-state index contributed by atoms with van der Waals surface area (Å²) in [7, 11) is -1.13. The van der Waals surface area contributed by atoms with Gasteiger partial charge in [0.15, 0.2) is 0 Å². The van der Waals surface area contributed by atoms with Crippen LogP contribution in [0.2, 0.25) is 0 Å². The molecule has 1 aromatic carbocycles. The summed E-state index contributed by atoms with van der Waals surface area (Å²) in [6.45, 7) is 0. The van der Waals surface area contributed by atoms with Crippen LogP contribution in [0.3, 0.4) is 0 Å². The molecule has 0 aromatic heterocycles. The van der Waals surface area contributed by atoms with Gasteiger partial charge in [0.1, 0.15) is 0 Å². The lowest BCUT2D eigenvalue weighted by Crippen LogP contribution is -2.36. The standard InChI is InChI=1S/C9H12N2O4S2/c1-11(10-16-9(12)15-2)17(13,14)8-6-4-3-5-7-8/h3-7,10H,1-2H3. The first kappa shape index (κ1) is 14.0. The Kier molecular flexibility index (Phi) is 4.94. The molecule has 0 atom stereocenters. The fourth-order valence-corrected chi connectivity index (χ4v) is 2.55. The smallest absolute Gasteiger partial charge is 0.383 e. The lowest BCUT2D eigenvalue weighted by molar-refractivity contribution is 0.200. The van der Waals surface area contributed by atoms with Crippen LogP contribution in [-0.4, -0.2) is 32.3 Å². The van der Waals surface area contributed by atoms with E-state index in [-0.39, 0.29) is 4.90 Å². The van der Waals surface area contributed by atoms with Gasteiger partial charge in [0.2, 0.25) is 0 Å². The van der Waals surface area contributed by atoms with Crippen LogP contribution in [0.1, 0.15) is 0 Å². The largest absolute Gasteiger partial charge is 0.460 e. The Morgan fingerprint density at radius 1 is 1.35 bits per heavy atom. The number of ether oxygens (including phenoxy) is 1. The number of hydrogen-bond donors (Lipinski definition) is 1. The molecular weight excluding hydrogens is 264 g/mol. The van der Waals surface area contributed by atoms with Crippen molar-refractivity contribution in [1.29, 1.82) is 0 Å². The van der Waals surface area contributed by atoms with Crippen LogP contribution in [0.15, 0.2) is 35.2 Å². The van der Waals surface area contributed by atoms with Gasteiger partial charge in [-0.2, -0.15) is 4.83 Å². The molecule has 1 aromatic rings. The zero-order valence-electron chi connectivity index (χ0n) is 9.28. The van der Waals surface area contributed by atoms with Crippen molar-refractivity contribution >= 4 is 27.3 Å². The van der Waals surface area contributed by atoms with Crippen LogP contribution in [0.25, 0.3) is 0 Å². The molecule has 0 amide bonds. The SMILES string of the molecule is COC(=O)SNN(C)S(=O)(=O)c1ccccc1. The Balaban J connectivity index is 2.75. The highest BCUT2D eigenvalue weighted by Gasteiger charge is 2.21. The van der Waals surface area contributed by atoms with Gasteiger partial charge in [-0.1, -0.05) is 18.2 Å². The molecule has 0 spiro atoms. The first-order valence-corrected chi connectivity index (χ1v) is 6.78. The van der Waals surface area contributed by atoms with E-state index in [0.717, 1.165) is 4.41 Å². The topological polar surface area (TPSA) is 75.7 Å². The van der Waals surface area contributed by atoms with Crippen LogP contribution in [0, 0.1) is 0 Å². The van der Waals surface area contributed by atoms with E-state index in [1.807, 2.05) is 0 Å². The van der Waals surface area contributed by atoms with Crippen LogP contribution in [0.5, 0.6) is 0 Å². The Bertz CT molecular complexity index is 475. The predicted molar refractivity (Wildman–Crippen MR) is 64.5 cm³/mol. The van der Waals surface area contributed by atoms with Crippen molar-refractivity contribution in [2.45, 2.75) is 4.90 Å². The number of benzene rings is 1. The minimum absolute atomic E-state index is 0.139. The Hall–Kier alpha value is -1.09. The molecule has 0 saturated heterocycles. The number of methoxy groups -OCH3 is 1. The third kappa shape index (κ3) is 3.70. The highest BCUT2D eigenvalue weighted by molar-refractivity contribution is 8.11. The zero-order valence-corrected chi connectivity index (χ0v) is 10.9. The number of rotatable bonds is 4. The summed E-state index contributed by atoms with van der Waals surface area (Å²) in [5.74, 6) is 0. The number of carbonyl (C=O) groups excluding carboxylic acids is 1. The van der Waals surface area contributed by atoms with Gasteiger partial charge in [0, 0.05) is 7.05 Å². The number of nitrogens with one attached hydrogen (secondary N) is 1. The average molecular weight is 276 g/mol. The van der Waals surface area contributed by atoms with Crippen molar-refractivity contribution < 1.29 is 17.9 Å². The number of sulfonamides is 1. The van der Waals surface area contributed by atoms with E-state index in [4.69, 9.17) is 0 Å². The number of nitrogens with zero attached hydrogens (tertiary/aromatic N) is 1. The summed E-state index contributed by atoms with van der Waals surface area (Å²) in [6.07, 6.45) is 0. The average Bonchev–Trinajstić information content (AvgIpc) is 2.36. The third-order valence-electron chi connectivity index (χ3n) is 1.83. The normalized spacial score (nSPS) is 11.5. The van der Waals surface area contributed by atoms with Gasteiger partial charge in [0.25, 0.3) is 10.0 Å². The van der Waals surface area contributed by atoms with E-state index in [1.165, 1.54) is 26.3 Å². The summed E-state index contributed by atoms with van der Waals surface area (Å²) in [5.41, 5.74) is 0.